The number of carbonyl (C=O) groups is 1. The molecule has 1 saturated carbocycles. The van der Waals surface area contributed by atoms with E-state index in [1.807, 2.05) is 12.1 Å². The molecule has 126 valence electrons. The normalized spacial score (nSPS) is 22.8. The maximum absolute atomic E-state index is 12.7. The monoisotopic (exact) mass is 315 g/mol. The molecule has 1 atom stereocenters. The summed E-state index contributed by atoms with van der Waals surface area (Å²) < 4.78 is 5.25. The van der Waals surface area contributed by atoms with Gasteiger partial charge in [-0.05, 0) is 49.3 Å². The predicted octanol–water partition coefficient (Wildman–Crippen LogP) is 4.37. The smallest absolute Gasteiger partial charge is 0.222 e. The van der Waals surface area contributed by atoms with Gasteiger partial charge in [0.2, 0.25) is 5.91 Å². The van der Waals surface area contributed by atoms with E-state index in [0.717, 1.165) is 31.7 Å². The predicted molar refractivity (Wildman–Crippen MR) is 92.7 cm³/mol. The first-order chi connectivity index (χ1) is 11.3. The molecule has 3 nitrogen and oxygen atoms in total. The molecule has 1 aromatic rings. The molecule has 0 aromatic heterocycles. The molecule has 2 aliphatic rings. The SMILES string of the molecule is COc1ccc(C2CCCCN(C(=O)CC3CCCC3)C2)cc1. The zero-order valence-corrected chi connectivity index (χ0v) is 14.3. The number of amides is 1. The fourth-order valence-corrected chi connectivity index (χ4v) is 4.11. The van der Waals surface area contributed by atoms with E-state index in [4.69, 9.17) is 4.74 Å². The van der Waals surface area contributed by atoms with Crippen molar-refractivity contribution in [2.75, 3.05) is 20.2 Å². The molecule has 2 fully saturated rings. The molecule has 1 aliphatic heterocycles. The molecule has 3 heteroatoms. The van der Waals surface area contributed by atoms with Crippen molar-refractivity contribution in [3.63, 3.8) is 0 Å². The molecule has 1 saturated heterocycles. The van der Waals surface area contributed by atoms with Crippen LogP contribution in [-0.2, 0) is 4.79 Å². The fraction of sp³-hybridized carbons (Fsp3) is 0.650. The first-order valence-corrected chi connectivity index (χ1v) is 9.18. The number of carbonyl (C=O) groups excluding carboxylic acids is 1. The van der Waals surface area contributed by atoms with Crippen LogP contribution in [0.3, 0.4) is 0 Å². The number of ether oxygens (including phenoxy) is 1. The third-order valence-corrected chi connectivity index (χ3v) is 5.55. The third kappa shape index (κ3) is 4.27. The van der Waals surface area contributed by atoms with E-state index in [9.17, 15) is 4.79 Å². The Morgan fingerprint density at radius 3 is 2.48 bits per heavy atom. The lowest BCUT2D eigenvalue weighted by atomic mass is 9.94. The largest absolute Gasteiger partial charge is 0.497 e. The number of benzene rings is 1. The van der Waals surface area contributed by atoms with Crippen molar-refractivity contribution in [3.05, 3.63) is 29.8 Å². The first kappa shape index (κ1) is 16.4. The zero-order valence-electron chi connectivity index (χ0n) is 14.3. The van der Waals surface area contributed by atoms with Gasteiger partial charge in [-0.1, -0.05) is 31.4 Å². The maximum atomic E-state index is 12.7. The van der Waals surface area contributed by atoms with E-state index in [-0.39, 0.29) is 0 Å². The number of hydrogen-bond acceptors (Lipinski definition) is 2. The van der Waals surface area contributed by atoms with Crippen LogP contribution in [0.5, 0.6) is 5.75 Å². The van der Waals surface area contributed by atoms with Gasteiger partial charge in [0, 0.05) is 25.4 Å². The molecule has 1 amide bonds. The third-order valence-electron chi connectivity index (χ3n) is 5.55. The minimum Gasteiger partial charge on any atom is -0.497 e. The second-order valence-electron chi connectivity index (χ2n) is 7.16. The quantitative estimate of drug-likeness (QED) is 0.825. The molecule has 1 aliphatic carbocycles. The highest BCUT2D eigenvalue weighted by Crippen LogP contribution is 2.31. The number of hydrogen-bond donors (Lipinski definition) is 0. The van der Waals surface area contributed by atoms with Gasteiger partial charge < -0.3 is 9.64 Å². The summed E-state index contributed by atoms with van der Waals surface area (Å²) in [6.07, 6.45) is 9.43. The van der Waals surface area contributed by atoms with E-state index in [2.05, 4.69) is 17.0 Å². The summed E-state index contributed by atoms with van der Waals surface area (Å²) in [5, 5.41) is 0. The molecule has 0 N–H and O–H groups in total. The van der Waals surface area contributed by atoms with Crippen molar-refractivity contribution in [3.8, 4) is 5.75 Å². The Hall–Kier alpha value is -1.51. The number of likely N-dealkylation sites (tertiary alicyclic amines) is 1. The summed E-state index contributed by atoms with van der Waals surface area (Å²) in [5.41, 5.74) is 1.34. The highest BCUT2D eigenvalue weighted by molar-refractivity contribution is 5.76. The van der Waals surface area contributed by atoms with Crippen molar-refractivity contribution >= 4 is 5.91 Å². The lowest BCUT2D eigenvalue weighted by Crippen LogP contribution is -2.35. The molecule has 23 heavy (non-hydrogen) atoms. The van der Waals surface area contributed by atoms with Gasteiger partial charge in [0.15, 0.2) is 0 Å². The summed E-state index contributed by atoms with van der Waals surface area (Å²) in [7, 11) is 1.70. The Kier molecular flexibility index (Phi) is 5.58. The van der Waals surface area contributed by atoms with Crippen LogP contribution >= 0.6 is 0 Å². The summed E-state index contributed by atoms with van der Waals surface area (Å²) in [5.74, 6) is 2.40. The van der Waals surface area contributed by atoms with Crippen LogP contribution < -0.4 is 4.74 Å². The lowest BCUT2D eigenvalue weighted by Gasteiger charge is -2.26. The zero-order chi connectivity index (χ0) is 16.1. The number of nitrogens with zero attached hydrogens (tertiary/aromatic N) is 1. The van der Waals surface area contributed by atoms with Crippen LogP contribution in [0.2, 0.25) is 0 Å². The minimum absolute atomic E-state index is 0.386. The van der Waals surface area contributed by atoms with E-state index in [1.165, 1.54) is 44.1 Å². The fourth-order valence-electron chi connectivity index (χ4n) is 4.11. The van der Waals surface area contributed by atoms with Crippen LogP contribution in [0.25, 0.3) is 0 Å². The average molecular weight is 315 g/mol. The molecular formula is C20H29NO2. The van der Waals surface area contributed by atoms with Crippen LogP contribution in [-0.4, -0.2) is 31.0 Å². The topological polar surface area (TPSA) is 29.5 Å². The molecule has 1 heterocycles. The second-order valence-corrected chi connectivity index (χ2v) is 7.16. The molecule has 1 unspecified atom stereocenters. The summed E-state index contributed by atoms with van der Waals surface area (Å²) in [4.78, 5) is 14.8. The highest BCUT2D eigenvalue weighted by Gasteiger charge is 2.26. The molecular weight excluding hydrogens is 286 g/mol. The first-order valence-electron chi connectivity index (χ1n) is 9.18. The van der Waals surface area contributed by atoms with E-state index >= 15 is 0 Å². The van der Waals surface area contributed by atoms with Crippen molar-refractivity contribution in [2.45, 2.75) is 57.3 Å². The highest BCUT2D eigenvalue weighted by atomic mass is 16.5. The van der Waals surface area contributed by atoms with Gasteiger partial charge in [0.1, 0.15) is 5.75 Å². The Bertz CT molecular complexity index is 505. The summed E-state index contributed by atoms with van der Waals surface area (Å²) in [6.45, 7) is 1.83. The standard InChI is InChI=1S/C20H29NO2/c1-23-19-11-9-17(10-12-19)18-8-4-5-13-21(15-18)20(22)14-16-6-2-3-7-16/h9-12,16,18H,2-8,13-15H2,1H3. The second kappa shape index (κ2) is 7.85. The Morgan fingerprint density at radius 1 is 1.09 bits per heavy atom. The van der Waals surface area contributed by atoms with Gasteiger partial charge in [-0.2, -0.15) is 0 Å². The van der Waals surface area contributed by atoms with Crippen molar-refractivity contribution < 1.29 is 9.53 Å². The molecule has 0 radical (unpaired) electrons. The van der Waals surface area contributed by atoms with Crippen molar-refractivity contribution in [1.82, 2.24) is 4.90 Å². The van der Waals surface area contributed by atoms with Crippen LogP contribution in [0.15, 0.2) is 24.3 Å². The maximum Gasteiger partial charge on any atom is 0.222 e. The van der Waals surface area contributed by atoms with Crippen molar-refractivity contribution in [2.24, 2.45) is 5.92 Å². The molecule has 3 rings (SSSR count). The minimum atomic E-state index is 0.386. The van der Waals surface area contributed by atoms with Crippen LogP contribution in [0.1, 0.15) is 62.8 Å². The molecule has 0 bridgehead atoms. The Balaban J connectivity index is 1.63. The van der Waals surface area contributed by atoms with E-state index in [0.29, 0.717) is 17.7 Å². The Morgan fingerprint density at radius 2 is 1.78 bits per heavy atom. The van der Waals surface area contributed by atoms with Gasteiger partial charge in [-0.15, -0.1) is 0 Å². The number of rotatable bonds is 4. The Labute approximate surface area is 140 Å². The van der Waals surface area contributed by atoms with E-state index < -0.39 is 0 Å². The van der Waals surface area contributed by atoms with Gasteiger partial charge in [0.05, 0.1) is 7.11 Å². The summed E-state index contributed by atoms with van der Waals surface area (Å²) >= 11 is 0. The van der Waals surface area contributed by atoms with Gasteiger partial charge in [0.25, 0.3) is 0 Å². The average Bonchev–Trinajstić information content (AvgIpc) is 2.96. The number of methoxy groups -OCH3 is 1. The van der Waals surface area contributed by atoms with Crippen LogP contribution in [0, 0.1) is 5.92 Å². The van der Waals surface area contributed by atoms with Gasteiger partial charge in [-0.25, -0.2) is 0 Å². The van der Waals surface area contributed by atoms with Gasteiger partial charge in [-0.3, -0.25) is 4.79 Å². The van der Waals surface area contributed by atoms with Crippen LogP contribution in [0.4, 0.5) is 0 Å². The molecule has 0 spiro atoms. The van der Waals surface area contributed by atoms with E-state index in [1.54, 1.807) is 7.11 Å². The lowest BCUT2D eigenvalue weighted by molar-refractivity contribution is -0.132. The summed E-state index contributed by atoms with van der Waals surface area (Å²) in [6, 6.07) is 8.39. The van der Waals surface area contributed by atoms with Gasteiger partial charge >= 0.3 is 0 Å². The molecule has 1 aromatic carbocycles. The van der Waals surface area contributed by atoms with Crippen molar-refractivity contribution in [1.29, 1.82) is 0 Å².